The van der Waals surface area contributed by atoms with Gasteiger partial charge in [0.25, 0.3) is 0 Å². The molecular formula is C25H37IN4O2. The van der Waals surface area contributed by atoms with Crippen molar-refractivity contribution in [3.63, 3.8) is 0 Å². The summed E-state index contributed by atoms with van der Waals surface area (Å²) in [5.74, 6) is 1.92. The van der Waals surface area contributed by atoms with E-state index in [4.69, 9.17) is 14.1 Å². The molecule has 1 saturated heterocycles. The van der Waals surface area contributed by atoms with Gasteiger partial charge in [0, 0.05) is 38.6 Å². The Morgan fingerprint density at radius 2 is 1.78 bits per heavy atom. The average molecular weight is 553 g/mol. The van der Waals surface area contributed by atoms with Gasteiger partial charge in [-0.05, 0) is 36.1 Å². The molecule has 1 aromatic carbocycles. The highest BCUT2D eigenvalue weighted by Crippen LogP contribution is 2.18. The normalized spacial score (nSPS) is 18.2. The van der Waals surface area contributed by atoms with Crippen LogP contribution in [0.15, 0.2) is 52.1 Å². The van der Waals surface area contributed by atoms with Crippen LogP contribution in [0, 0.1) is 0 Å². The lowest BCUT2D eigenvalue weighted by Crippen LogP contribution is -2.44. The van der Waals surface area contributed by atoms with Crippen LogP contribution in [0.4, 0.5) is 0 Å². The lowest BCUT2D eigenvalue weighted by atomic mass is 9.96. The minimum Gasteiger partial charge on any atom is -0.469 e. The number of hydrogen-bond acceptors (Lipinski definition) is 4. The fourth-order valence-electron chi connectivity index (χ4n) is 4.38. The van der Waals surface area contributed by atoms with E-state index in [1.165, 1.54) is 43.2 Å². The number of morpholine rings is 1. The number of nitrogens with zero attached hydrogens (tertiary/aromatic N) is 2. The molecule has 2 heterocycles. The maximum Gasteiger partial charge on any atom is 0.191 e. The molecule has 2 aliphatic rings. The van der Waals surface area contributed by atoms with Crippen LogP contribution in [0.25, 0.3) is 0 Å². The highest BCUT2D eigenvalue weighted by molar-refractivity contribution is 14.0. The monoisotopic (exact) mass is 552 g/mol. The molecule has 1 saturated carbocycles. The molecule has 2 aromatic rings. The van der Waals surface area contributed by atoms with Gasteiger partial charge >= 0.3 is 0 Å². The number of halogens is 1. The maximum atomic E-state index is 5.50. The Bertz CT molecular complexity index is 800. The topological polar surface area (TPSA) is 62.0 Å². The highest BCUT2D eigenvalue weighted by Gasteiger charge is 2.16. The largest absolute Gasteiger partial charge is 0.469 e. The van der Waals surface area contributed by atoms with Gasteiger partial charge in [0.1, 0.15) is 5.76 Å². The van der Waals surface area contributed by atoms with Crippen LogP contribution in [0.3, 0.4) is 0 Å². The number of benzene rings is 1. The minimum absolute atomic E-state index is 0. The lowest BCUT2D eigenvalue weighted by molar-refractivity contribution is 0.0341. The van der Waals surface area contributed by atoms with E-state index in [2.05, 4.69) is 39.8 Å². The highest BCUT2D eigenvalue weighted by atomic mass is 127. The zero-order valence-electron chi connectivity index (χ0n) is 18.9. The third kappa shape index (κ3) is 8.08. The summed E-state index contributed by atoms with van der Waals surface area (Å²) in [6.07, 6.45) is 9.01. The summed E-state index contributed by atoms with van der Waals surface area (Å²) in [7, 11) is 0. The predicted octanol–water partition coefficient (Wildman–Crippen LogP) is 4.34. The molecule has 32 heavy (non-hydrogen) atoms. The van der Waals surface area contributed by atoms with Gasteiger partial charge in [0.05, 0.1) is 26.0 Å². The van der Waals surface area contributed by atoms with Crippen molar-refractivity contribution in [1.29, 1.82) is 0 Å². The number of hydrogen-bond donors (Lipinski definition) is 2. The second-order valence-corrected chi connectivity index (χ2v) is 8.56. The van der Waals surface area contributed by atoms with Crippen LogP contribution in [0.1, 0.15) is 49.0 Å². The maximum absolute atomic E-state index is 5.50. The SMILES string of the molecule is I.c1coc(CCNC(=NCc2ccccc2CN2CCOCC2)NC2CCCCC2)c1. The second-order valence-electron chi connectivity index (χ2n) is 8.56. The van der Waals surface area contributed by atoms with E-state index in [9.17, 15) is 0 Å². The van der Waals surface area contributed by atoms with Gasteiger partial charge in [-0.3, -0.25) is 4.90 Å². The van der Waals surface area contributed by atoms with Crippen molar-refractivity contribution in [3.8, 4) is 0 Å². The Morgan fingerprint density at radius 3 is 2.53 bits per heavy atom. The van der Waals surface area contributed by atoms with E-state index in [0.29, 0.717) is 12.6 Å². The third-order valence-electron chi connectivity index (χ3n) is 6.21. The number of aliphatic imine (C=N–C) groups is 1. The molecule has 1 aliphatic carbocycles. The average Bonchev–Trinajstić information content (AvgIpc) is 3.33. The van der Waals surface area contributed by atoms with Gasteiger partial charge in [-0.2, -0.15) is 0 Å². The van der Waals surface area contributed by atoms with Gasteiger partial charge in [0.15, 0.2) is 5.96 Å². The van der Waals surface area contributed by atoms with Gasteiger partial charge in [0.2, 0.25) is 0 Å². The molecule has 6 nitrogen and oxygen atoms in total. The quantitative estimate of drug-likeness (QED) is 0.290. The summed E-state index contributed by atoms with van der Waals surface area (Å²) >= 11 is 0. The lowest BCUT2D eigenvalue weighted by Gasteiger charge is -2.27. The first-order valence-corrected chi connectivity index (χ1v) is 11.8. The smallest absolute Gasteiger partial charge is 0.191 e. The van der Waals surface area contributed by atoms with E-state index < -0.39 is 0 Å². The molecule has 0 radical (unpaired) electrons. The van der Waals surface area contributed by atoms with E-state index >= 15 is 0 Å². The minimum atomic E-state index is 0. The standard InChI is InChI=1S/C25H36N4O2.HI/c1-2-9-23(10-3-1)28-25(26-13-12-24-11-6-16-31-24)27-19-21-7-4-5-8-22(21)20-29-14-17-30-18-15-29;/h4-8,11,16,23H,1-3,9-10,12-15,17-20H2,(H2,26,27,28);1H. The predicted molar refractivity (Wildman–Crippen MR) is 140 cm³/mol. The van der Waals surface area contributed by atoms with Gasteiger partial charge in [-0.1, -0.05) is 43.5 Å². The summed E-state index contributed by atoms with van der Waals surface area (Å²) in [6, 6.07) is 13.2. The first kappa shape index (κ1) is 25.1. The van der Waals surface area contributed by atoms with Crippen molar-refractivity contribution >= 4 is 29.9 Å². The van der Waals surface area contributed by atoms with Crippen molar-refractivity contribution in [2.45, 2.75) is 57.7 Å². The molecule has 1 aliphatic heterocycles. The zero-order valence-corrected chi connectivity index (χ0v) is 21.3. The Hall–Kier alpha value is -1.58. The molecular weight excluding hydrogens is 515 g/mol. The van der Waals surface area contributed by atoms with E-state index in [0.717, 1.165) is 57.5 Å². The van der Waals surface area contributed by atoms with Gasteiger partial charge in [-0.25, -0.2) is 4.99 Å². The summed E-state index contributed by atoms with van der Waals surface area (Å²) in [5, 5.41) is 7.22. The van der Waals surface area contributed by atoms with Crippen molar-refractivity contribution in [2.24, 2.45) is 4.99 Å². The molecule has 4 rings (SSSR count). The molecule has 0 unspecified atom stereocenters. The number of ether oxygens (including phenoxy) is 1. The Balaban J connectivity index is 0.00000289. The molecule has 7 heteroatoms. The van der Waals surface area contributed by atoms with Crippen LogP contribution in [-0.4, -0.2) is 49.7 Å². The van der Waals surface area contributed by atoms with Crippen molar-refractivity contribution in [1.82, 2.24) is 15.5 Å². The van der Waals surface area contributed by atoms with E-state index in [-0.39, 0.29) is 24.0 Å². The first-order valence-electron chi connectivity index (χ1n) is 11.8. The zero-order chi connectivity index (χ0) is 21.1. The van der Waals surface area contributed by atoms with Crippen LogP contribution in [-0.2, 0) is 24.2 Å². The van der Waals surface area contributed by atoms with Gasteiger partial charge in [-0.15, -0.1) is 24.0 Å². The second kappa shape index (κ2) is 13.9. The summed E-state index contributed by atoms with van der Waals surface area (Å²) in [6.45, 7) is 6.11. The number of guanidine groups is 1. The molecule has 2 fully saturated rings. The van der Waals surface area contributed by atoms with E-state index in [1.54, 1.807) is 6.26 Å². The molecule has 1 aromatic heterocycles. The van der Waals surface area contributed by atoms with Crippen LogP contribution >= 0.6 is 24.0 Å². The molecule has 0 spiro atoms. The summed E-state index contributed by atoms with van der Waals surface area (Å²) in [4.78, 5) is 7.45. The summed E-state index contributed by atoms with van der Waals surface area (Å²) < 4.78 is 11.0. The Kier molecular flexibility index (Phi) is 10.8. The molecule has 2 N–H and O–H groups in total. The van der Waals surface area contributed by atoms with Crippen molar-refractivity contribution in [3.05, 3.63) is 59.5 Å². The fourth-order valence-corrected chi connectivity index (χ4v) is 4.38. The fraction of sp³-hybridized carbons (Fsp3) is 0.560. The van der Waals surface area contributed by atoms with E-state index in [1.807, 2.05) is 12.1 Å². The Labute approximate surface area is 209 Å². The number of rotatable bonds is 8. The molecule has 0 atom stereocenters. The molecule has 0 bridgehead atoms. The Morgan fingerprint density at radius 1 is 1.00 bits per heavy atom. The molecule has 176 valence electrons. The van der Waals surface area contributed by atoms with Crippen molar-refractivity contribution in [2.75, 3.05) is 32.8 Å². The molecule has 0 amide bonds. The van der Waals surface area contributed by atoms with Crippen LogP contribution in [0.2, 0.25) is 0 Å². The number of furan rings is 1. The third-order valence-corrected chi connectivity index (χ3v) is 6.21. The number of nitrogens with one attached hydrogen (secondary N) is 2. The van der Waals surface area contributed by atoms with Crippen LogP contribution in [0.5, 0.6) is 0 Å². The first-order chi connectivity index (χ1) is 15.4. The van der Waals surface area contributed by atoms with Crippen LogP contribution < -0.4 is 10.6 Å². The van der Waals surface area contributed by atoms with Gasteiger partial charge < -0.3 is 19.8 Å². The van der Waals surface area contributed by atoms with Crippen molar-refractivity contribution < 1.29 is 9.15 Å². The summed E-state index contributed by atoms with van der Waals surface area (Å²) in [5.41, 5.74) is 2.66.